The van der Waals surface area contributed by atoms with Crippen molar-refractivity contribution in [2.45, 2.75) is 12.8 Å². The van der Waals surface area contributed by atoms with Gasteiger partial charge in [-0.3, -0.25) is 0 Å². The summed E-state index contributed by atoms with van der Waals surface area (Å²) in [6, 6.07) is 7.70. The quantitative estimate of drug-likeness (QED) is 0.851. The van der Waals surface area contributed by atoms with Crippen molar-refractivity contribution in [3.63, 3.8) is 0 Å². The molecule has 0 saturated heterocycles. The van der Waals surface area contributed by atoms with Gasteiger partial charge in [-0.2, -0.15) is 0 Å². The zero-order chi connectivity index (χ0) is 10.8. The molecule has 0 bridgehead atoms. The molecule has 4 heteroatoms. The van der Waals surface area contributed by atoms with Crippen molar-refractivity contribution in [2.24, 2.45) is 0 Å². The van der Waals surface area contributed by atoms with Crippen LogP contribution in [0.3, 0.4) is 0 Å². The van der Waals surface area contributed by atoms with Gasteiger partial charge in [0, 0.05) is 10.7 Å². The Bertz CT molecular complexity index is 412. The topological polar surface area (TPSA) is 34.1 Å². The van der Waals surface area contributed by atoms with Crippen LogP contribution in [0.25, 0.3) is 0 Å². The van der Waals surface area contributed by atoms with Gasteiger partial charge >= 0.3 is 0 Å². The SMILES string of the molecule is CC(CS(C)(=O)=O)c1ccccc1Br. The van der Waals surface area contributed by atoms with Crippen LogP contribution in [0.15, 0.2) is 28.7 Å². The maximum absolute atomic E-state index is 11.1. The van der Waals surface area contributed by atoms with Crippen molar-refractivity contribution in [3.05, 3.63) is 34.3 Å². The summed E-state index contributed by atoms with van der Waals surface area (Å²) < 4.78 is 23.2. The van der Waals surface area contributed by atoms with Gasteiger partial charge in [-0.1, -0.05) is 41.1 Å². The molecule has 1 aromatic rings. The van der Waals surface area contributed by atoms with E-state index in [4.69, 9.17) is 0 Å². The lowest BCUT2D eigenvalue weighted by molar-refractivity contribution is 0.596. The van der Waals surface area contributed by atoms with Crippen LogP contribution in [0.4, 0.5) is 0 Å². The predicted molar refractivity (Wildman–Crippen MR) is 62.3 cm³/mol. The lowest BCUT2D eigenvalue weighted by Gasteiger charge is -2.12. The van der Waals surface area contributed by atoms with Crippen molar-refractivity contribution in [1.29, 1.82) is 0 Å². The third-order valence-corrected chi connectivity index (χ3v) is 3.82. The normalized spacial score (nSPS) is 13.9. The van der Waals surface area contributed by atoms with E-state index in [0.717, 1.165) is 10.0 Å². The molecule has 0 N–H and O–H groups in total. The van der Waals surface area contributed by atoms with Crippen LogP contribution in [0.2, 0.25) is 0 Å². The second kappa shape index (κ2) is 4.45. The van der Waals surface area contributed by atoms with Crippen LogP contribution in [0, 0.1) is 0 Å². The van der Waals surface area contributed by atoms with Crippen LogP contribution in [0.1, 0.15) is 18.4 Å². The molecule has 1 atom stereocenters. The average Bonchev–Trinajstić information content (AvgIpc) is 2.01. The molecule has 0 aromatic heterocycles. The van der Waals surface area contributed by atoms with Gasteiger partial charge in [0.25, 0.3) is 0 Å². The fraction of sp³-hybridized carbons (Fsp3) is 0.400. The molecular weight excluding hydrogens is 264 g/mol. The summed E-state index contributed by atoms with van der Waals surface area (Å²) in [4.78, 5) is 0. The van der Waals surface area contributed by atoms with Gasteiger partial charge in [0.1, 0.15) is 9.84 Å². The Kier molecular flexibility index (Phi) is 3.72. The molecule has 1 unspecified atom stereocenters. The fourth-order valence-corrected chi connectivity index (χ4v) is 3.18. The number of benzene rings is 1. The maximum Gasteiger partial charge on any atom is 0.148 e. The first-order valence-electron chi connectivity index (χ1n) is 4.32. The highest BCUT2D eigenvalue weighted by Gasteiger charge is 2.14. The molecule has 0 heterocycles. The Hall–Kier alpha value is -0.350. The Morgan fingerprint density at radius 1 is 1.36 bits per heavy atom. The molecule has 78 valence electrons. The Morgan fingerprint density at radius 3 is 2.43 bits per heavy atom. The maximum atomic E-state index is 11.1. The van der Waals surface area contributed by atoms with Crippen molar-refractivity contribution >= 4 is 25.8 Å². The summed E-state index contributed by atoms with van der Waals surface area (Å²) >= 11 is 3.41. The fourth-order valence-electron chi connectivity index (χ4n) is 1.42. The third-order valence-electron chi connectivity index (χ3n) is 1.99. The summed E-state index contributed by atoms with van der Waals surface area (Å²) in [7, 11) is -2.91. The van der Waals surface area contributed by atoms with Crippen molar-refractivity contribution < 1.29 is 8.42 Å². The number of hydrogen-bond acceptors (Lipinski definition) is 2. The van der Waals surface area contributed by atoms with E-state index in [9.17, 15) is 8.42 Å². The smallest absolute Gasteiger partial charge is 0.148 e. The minimum Gasteiger partial charge on any atom is -0.229 e. The monoisotopic (exact) mass is 276 g/mol. The van der Waals surface area contributed by atoms with E-state index in [2.05, 4.69) is 15.9 Å². The molecule has 1 aromatic carbocycles. The molecular formula is C10H13BrO2S. The van der Waals surface area contributed by atoms with Crippen LogP contribution in [0.5, 0.6) is 0 Å². The lowest BCUT2D eigenvalue weighted by atomic mass is 10.0. The summed E-state index contributed by atoms with van der Waals surface area (Å²) in [5, 5.41) is 0. The van der Waals surface area contributed by atoms with E-state index in [1.807, 2.05) is 31.2 Å². The van der Waals surface area contributed by atoms with Crippen LogP contribution in [-0.4, -0.2) is 20.4 Å². The van der Waals surface area contributed by atoms with Gasteiger partial charge in [0.15, 0.2) is 0 Å². The molecule has 0 aliphatic carbocycles. The van der Waals surface area contributed by atoms with E-state index in [1.165, 1.54) is 6.26 Å². The molecule has 1 rings (SSSR count). The molecule has 0 fully saturated rings. The van der Waals surface area contributed by atoms with Crippen molar-refractivity contribution in [3.8, 4) is 0 Å². The van der Waals surface area contributed by atoms with Crippen LogP contribution >= 0.6 is 15.9 Å². The minimum atomic E-state index is -2.91. The van der Waals surface area contributed by atoms with E-state index in [-0.39, 0.29) is 11.7 Å². The highest BCUT2D eigenvalue weighted by molar-refractivity contribution is 9.10. The summed E-state index contributed by atoms with van der Waals surface area (Å²) in [5.41, 5.74) is 1.04. The van der Waals surface area contributed by atoms with Gasteiger partial charge in [0.05, 0.1) is 5.75 Å². The minimum absolute atomic E-state index is 0.0283. The first kappa shape index (κ1) is 11.7. The molecule has 0 aliphatic rings. The molecule has 0 spiro atoms. The highest BCUT2D eigenvalue weighted by Crippen LogP contribution is 2.25. The summed E-state index contributed by atoms with van der Waals surface area (Å²) in [5.74, 6) is 0.218. The Labute approximate surface area is 93.4 Å². The van der Waals surface area contributed by atoms with Crippen molar-refractivity contribution in [1.82, 2.24) is 0 Å². The Morgan fingerprint density at radius 2 is 1.93 bits per heavy atom. The second-order valence-corrected chi connectivity index (χ2v) is 6.55. The number of hydrogen-bond donors (Lipinski definition) is 0. The van der Waals surface area contributed by atoms with Crippen LogP contribution in [-0.2, 0) is 9.84 Å². The van der Waals surface area contributed by atoms with Gasteiger partial charge in [-0.15, -0.1) is 0 Å². The van der Waals surface area contributed by atoms with E-state index >= 15 is 0 Å². The molecule has 2 nitrogen and oxygen atoms in total. The zero-order valence-corrected chi connectivity index (χ0v) is 10.6. The van der Waals surface area contributed by atoms with E-state index in [0.29, 0.717) is 0 Å². The second-order valence-electron chi connectivity index (χ2n) is 3.51. The number of rotatable bonds is 3. The molecule has 0 aliphatic heterocycles. The highest BCUT2D eigenvalue weighted by atomic mass is 79.9. The van der Waals surface area contributed by atoms with Gasteiger partial charge < -0.3 is 0 Å². The third kappa shape index (κ3) is 3.42. The largest absolute Gasteiger partial charge is 0.229 e. The molecule has 0 radical (unpaired) electrons. The first-order chi connectivity index (χ1) is 6.40. The van der Waals surface area contributed by atoms with Gasteiger partial charge in [-0.25, -0.2) is 8.42 Å². The summed E-state index contributed by atoms with van der Waals surface area (Å²) in [6.07, 6.45) is 1.26. The van der Waals surface area contributed by atoms with E-state index < -0.39 is 9.84 Å². The predicted octanol–water partition coefficient (Wildman–Crippen LogP) is 2.60. The molecule has 14 heavy (non-hydrogen) atoms. The molecule has 0 saturated carbocycles. The van der Waals surface area contributed by atoms with Crippen molar-refractivity contribution in [2.75, 3.05) is 12.0 Å². The van der Waals surface area contributed by atoms with E-state index in [1.54, 1.807) is 0 Å². The van der Waals surface area contributed by atoms with Crippen LogP contribution < -0.4 is 0 Å². The number of halogens is 1. The Balaban J connectivity index is 2.90. The number of sulfone groups is 1. The van der Waals surface area contributed by atoms with Gasteiger partial charge in [0.2, 0.25) is 0 Å². The average molecular weight is 277 g/mol. The zero-order valence-electron chi connectivity index (χ0n) is 8.20. The van der Waals surface area contributed by atoms with Gasteiger partial charge in [-0.05, 0) is 17.5 Å². The summed E-state index contributed by atoms with van der Waals surface area (Å²) in [6.45, 7) is 1.92. The molecule has 0 amide bonds. The lowest BCUT2D eigenvalue weighted by Crippen LogP contribution is -2.10. The standard InChI is InChI=1S/C10H13BrO2S/c1-8(7-14(2,12)13)9-5-3-4-6-10(9)11/h3-6,8H,7H2,1-2H3. The first-order valence-corrected chi connectivity index (χ1v) is 7.17.